The topological polar surface area (TPSA) is 75.4 Å². The van der Waals surface area contributed by atoms with Crippen LogP contribution in [0.4, 0.5) is 0 Å². The summed E-state index contributed by atoms with van der Waals surface area (Å²) in [6, 6.07) is 15.4. The molecule has 0 spiro atoms. The average Bonchev–Trinajstić information content (AvgIpc) is 3.04. The number of nitrogens with zero attached hydrogens (tertiary/aromatic N) is 1. The van der Waals surface area contributed by atoms with E-state index in [0.717, 1.165) is 29.4 Å². The van der Waals surface area contributed by atoms with Crippen LogP contribution in [0.2, 0.25) is 0 Å². The molecule has 5 heteroatoms. The SMILES string of the molecule is O=C(Cc1noc2ccccc12)NCC1(O)CCCc2ccccc21. The van der Waals surface area contributed by atoms with Gasteiger partial charge in [0, 0.05) is 5.39 Å². The second-order valence-electron chi connectivity index (χ2n) is 6.62. The van der Waals surface area contributed by atoms with Crippen LogP contribution in [0.15, 0.2) is 53.1 Å². The third-order valence-electron chi connectivity index (χ3n) is 4.91. The number of nitrogens with one attached hydrogen (secondary N) is 1. The number of aromatic nitrogens is 1. The molecule has 0 bridgehead atoms. The van der Waals surface area contributed by atoms with Crippen molar-refractivity contribution in [3.63, 3.8) is 0 Å². The maximum absolute atomic E-state index is 12.3. The predicted octanol–water partition coefficient (Wildman–Crippen LogP) is 2.71. The summed E-state index contributed by atoms with van der Waals surface area (Å²) in [7, 11) is 0. The van der Waals surface area contributed by atoms with E-state index in [1.54, 1.807) is 0 Å². The Labute approximate surface area is 145 Å². The van der Waals surface area contributed by atoms with Gasteiger partial charge >= 0.3 is 0 Å². The van der Waals surface area contributed by atoms with Crippen molar-refractivity contribution in [2.75, 3.05) is 6.54 Å². The number of hydrogen-bond donors (Lipinski definition) is 2. The van der Waals surface area contributed by atoms with Crippen LogP contribution in [0.3, 0.4) is 0 Å². The Morgan fingerprint density at radius 2 is 2.00 bits per heavy atom. The fraction of sp³-hybridized carbons (Fsp3) is 0.300. The van der Waals surface area contributed by atoms with Gasteiger partial charge in [0.1, 0.15) is 11.3 Å². The lowest BCUT2D eigenvalue weighted by molar-refractivity contribution is -0.122. The number of hydrogen-bond acceptors (Lipinski definition) is 4. The Morgan fingerprint density at radius 1 is 1.20 bits per heavy atom. The van der Waals surface area contributed by atoms with Gasteiger partial charge in [0.15, 0.2) is 5.58 Å². The quantitative estimate of drug-likeness (QED) is 0.768. The van der Waals surface area contributed by atoms with Crippen molar-refractivity contribution < 1.29 is 14.4 Å². The van der Waals surface area contributed by atoms with Crippen molar-refractivity contribution in [2.45, 2.75) is 31.3 Å². The third-order valence-corrected chi connectivity index (χ3v) is 4.91. The van der Waals surface area contributed by atoms with E-state index in [2.05, 4.69) is 10.5 Å². The molecule has 1 unspecified atom stereocenters. The normalized spacial score (nSPS) is 19.6. The highest BCUT2D eigenvalue weighted by molar-refractivity contribution is 5.86. The van der Waals surface area contributed by atoms with Gasteiger partial charge in [0.25, 0.3) is 0 Å². The van der Waals surface area contributed by atoms with Crippen LogP contribution in [-0.4, -0.2) is 22.7 Å². The number of carbonyl (C=O) groups is 1. The number of amides is 1. The Kier molecular flexibility index (Phi) is 4.01. The smallest absolute Gasteiger partial charge is 0.226 e. The summed E-state index contributed by atoms with van der Waals surface area (Å²) in [4.78, 5) is 12.3. The molecule has 25 heavy (non-hydrogen) atoms. The molecule has 0 aliphatic heterocycles. The van der Waals surface area contributed by atoms with Gasteiger partial charge in [-0.2, -0.15) is 0 Å². The van der Waals surface area contributed by atoms with E-state index in [9.17, 15) is 9.90 Å². The predicted molar refractivity (Wildman–Crippen MR) is 94.0 cm³/mol. The fourth-order valence-corrected chi connectivity index (χ4v) is 3.61. The molecule has 3 aromatic rings. The molecule has 0 saturated heterocycles. The van der Waals surface area contributed by atoms with E-state index < -0.39 is 5.60 Å². The molecule has 1 amide bonds. The van der Waals surface area contributed by atoms with Crippen molar-refractivity contribution in [1.82, 2.24) is 10.5 Å². The summed E-state index contributed by atoms with van der Waals surface area (Å²) < 4.78 is 5.23. The molecule has 1 aliphatic carbocycles. The Balaban J connectivity index is 1.46. The Hall–Kier alpha value is -2.66. The first kappa shape index (κ1) is 15.8. The van der Waals surface area contributed by atoms with Gasteiger partial charge in [-0.3, -0.25) is 4.79 Å². The lowest BCUT2D eigenvalue weighted by Gasteiger charge is -2.34. The monoisotopic (exact) mass is 336 g/mol. The van der Waals surface area contributed by atoms with E-state index in [4.69, 9.17) is 4.52 Å². The van der Waals surface area contributed by atoms with Crippen LogP contribution in [0.25, 0.3) is 11.0 Å². The maximum Gasteiger partial charge on any atom is 0.226 e. The summed E-state index contributed by atoms with van der Waals surface area (Å²) in [5.74, 6) is -0.171. The number of fused-ring (bicyclic) bond motifs is 2. The molecule has 1 aliphatic rings. The van der Waals surface area contributed by atoms with Crippen LogP contribution in [0, 0.1) is 0 Å². The van der Waals surface area contributed by atoms with Crippen molar-refractivity contribution in [3.8, 4) is 0 Å². The zero-order valence-corrected chi connectivity index (χ0v) is 13.9. The van der Waals surface area contributed by atoms with E-state index in [0.29, 0.717) is 17.7 Å². The summed E-state index contributed by atoms with van der Waals surface area (Å²) in [5.41, 5.74) is 2.37. The van der Waals surface area contributed by atoms with Crippen LogP contribution >= 0.6 is 0 Å². The van der Waals surface area contributed by atoms with E-state index in [1.807, 2.05) is 48.5 Å². The van der Waals surface area contributed by atoms with Gasteiger partial charge in [-0.1, -0.05) is 41.6 Å². The summed E-state index contributed by atoms with van der Waals surface area (Å²) >= 11 is 0. The molecule has 2 aromatic carbocycles. The largest absolute Gasteiger partial charge is 0.383 e. The zero-order chi connectivity index (χ0) is 17.3. The summed E-state index contributed by atoms with van der Waals surface area (Å²) in [6.07, 6.45) is 2.67. The standard InChI is InChI=1S/C20H20N2O3/c23-19(12-17-15-8-2-4-10-18(15)25-22-17)21-13-20(24)11-5-7-14-6-1-3-9-16(14)20/h1-4,6,8-10,24H,5,7,11-13H2,(H,21,23). The maximum atomic E-state index is 12.3. The first-order valence-corrected chi connectivity index (χ1v) is 8.56. The van der Waals surface area contributed by atoms with Gasteiger partial charge in [-0.25, -0.2) is 0 Å². The molecular formula is C20H20N2O3. The summed E-state index contributed by atoms with van der Waals surface area (Å²) in [5, 5.41) is 18.7. The van der Waals surface area contributed by atoms with Crippen molar-refractivity contribution in [2.24, 2.45) is 0 Å². The van der Waals surface area contributed by atoms with E-state index in [1.165, 1.54) is 0 Å². The van der Waals surface area contributed by atoms with Crippen molar-refractivity contribution >= 4 is 16.9 Å². The van der Waals surface area contributed by atoms with Crippen LogP contribution < -0.4 is 5.32 Å². The highest BCUT2D eigenvalue weighted by atomic mass is 16.5. The fourth-order valence-electron chi connectivity index (χ4n) is 3.61. The molecule has 1 atom stereocenters. The number of carbonyl (C=O) groups excluding carboxylic acids is 1. The molecule has 128 valence electrons. The van der Waals surface area contributed by atoms with Gasteiger partial charge < -0.3 is 14.9 Å². The number of benzene rings is 2. The van der Waals surface area contributed by atoms with Crippen molar-refractivity contribution in [1.29, 1.82) is 0 Å². The first-order chi connectivity index (χ1) is 12.2. The molecule has 1 aromatic heterocycles. The first-order valence-electron chi connectivity index (χ1n) is 8.56. The third kappa shape index (κ3) is 3.03. The lowest BCUT2D eigenvalue weighted by Crippen LogP contribution is -2.43. The molecule has 0 saturated carbocycles. The summed E-state index contributed by atoms with van der Waals surface area (Å²) in [6.45, 7) is 0.207. The molecule has 5 nitrogen and oxygen atoms in total. The molecule has 0 radical (unpaired) electrons. The number of para-hydroxylation sites is 1. The van der Waals surface area contributed by atoms with Crippen molar-refractivity contribution in [3.05, 3.63) is 65.4 Å². The van der Waals surface area contributed by atoms with Crippen LogP contribution in [0.5, 0.6) is 0 Å². The van der Waals surface area contributed by atoms with Gasteiger partial charge in [-0.15, -0.1) is 0 Å². The average molecular weight is 336 g/mol. The highest BCUT2D eigenvalue weighted by Crippen LogP contribution is 2.34. The Bertz CT molecular complexity index is 918. The minimum Gasteiger partial charge on any atom is -0.383 e. The van der Waals surface area contributed by atoms with Crippen LogP contribution in [0.1, 0.15) is 29.7 Å². The molecule has 4 rings (SSSR count). The minimum atomic E-state index is -1.00. The second-order valence-corrected chi connectivity index (χ2v) is 6.62. The number of aliphatic hydroxyl groups is 1. The van der Waals surface area contributed by atoms with Gasteiger partial charge in [-0.05, 0) is 42.5 Å². The van der Waals surface area contributed by atoms with Gasteiger partial charge in [0.2, 0.25) is 5.91 Å². The zero-order valence-electron chi connectivity index (χ0n) is 13.9. The second kappa shape index (κ2) is 6.33. The number of rotatable bonds is 4. The molecule has 1 heterocycles. The van der Waals surface area contributed by atoms with E-state index in [-0.39, 0.29) is 18.9 Å². The van der Waals surface area contributed by atoms with E-state index >= 15 is 0 Å². The molecule has 2 N–H and O–H groups in total. The Morgan fingerprint density at radius 3 is 2.92 bits per heavy atom. The minimum absolute atomic E-state index is 0.134. The lowest BCUT2D eigenvalue weighted by atomic mass is 9.79. The highest BCUT2D eigenvalue weighted by Gasteiger charge is 2.34. The number of aryl methyl sites for hydroxylation is 1. The van der Waals surface area contributed by atoms with Gasteiger partial charge in [0.05, 0.1) is 13.0 Å². The molecule has 0 fully saturated rings. The van der Waals surface area contributed by atoms with Crippen LogP contribution in [-0.2, 0) is 23.2 Å². The molecular weight excluding hydrogens is 316 g/mol.